The minimum atomic E-state index is -2.37. The Morgan fingerprint density at radius 2 is 1.81 bits per heavy atom. The number of rotatable bonds is 1. The molecule has 0 spiro atoms. The van der Waals surface area contributed by atoms with E-state index in [1.807, 2.05) is 6.92 Å². The molecule has 0 radical (unpaired) electrons. The maximum Gasteiger partial charge on any atom is 0.331 e. The van der Waals surface area contributed by atoms with Crippen LogP contribution in [0, 0.1) is 28.1 Å². The van der Waals surface area contributed by atoms with Crippen molar-refractivity contribution in [2.45, 2.75) is 83.5 Å². The van der Waals surface area contributed by atoms with Crippen molar-refractivity contribution in [3.05, 3.63) is 23.3 Å². The molecule has 6 rings (SSSR count). The van der Waals surface area contributed by atoms with Crippen LogP contribution in [-0.4, -0.2) is 70.7 Å². The van der Waals surface area contributed by atoms with Crippen LogP contribution in [0.5, 0.6) is 0 Å². The molecule has 10 atom stereocenters. The molecular formula is C26H32O10. The van der Waals surface area contributed by atoms with Gasteiger partial charge in [-0.3, -0.25) is 9.59 Å². The lowest BCUT2D eigenvalue weighted by atomic mass is 9.36. The quantitative estimate of drug-likeness (QED) is 0.395. The number of methoxy groups -OCH3 is 1. The van der Waals surface area contributed by atoms with E-state index in [9.17, 15) is 24.6 Å². The molecule has 1 saturated carbocycles. The van der Waals surface area contributed by atoms with Crippen LogP contribution in [0.15, 0.2) is 23.3 Å². The molecule has 0 bridgehead atoms. The third-order valence-electron chi connectivity index (χ3n) is 10.4. The standard InChI is InChI=1S/C26H32O10/c1-11-13-8-17(27)36-21(3,4)14(13)9-16-23(6)15(11)10-22(5)18(28)34-20-25(22,30)24(23,19(29)32-7)26(31,35-16)12(2)33-20/h8-9,11-12,15-16,20,30-31H,10H2,1-7H3. The van der Waals surface area contributed by atoms with Gasteiger partial charge in [0.2, 0.25) is 12.1 Å². The van der Waals surface area contributed by atoms with Gasteiger partial charge in [0.1, 0.15) is 17.1 Å². The highest BCUT2D eigenvalue weighted by Gasteiger charge is 2.96. The molecule has 2 N–H and O–H groups in total. The van der Waals surface area contributed by atoms with Crippen molar-refractivity contribution >= 4 is 17.9 Å². The van der Waals surface area contributed by atoms with Gasteiger partial charge in [0.15, 0.2) is 11.0 Å². The highest BCUT2D eigenvalue weighted by Crippen LogP contribution is 2.80. The normalized spacial score (nSPS) is 53.8. The summed E-state index contributed by atoms with van der Waals surface area (Å²) in [5.41, 5.74) is -7.06. The van der Waals surface area contributed by atoms with E-state index in [4.69, 9.17) is 23.7 Å². The molecule has 4 heterocycles. The summed E-state index contributed by atoms with van der Waals surface area (Å²) in [6.07, 6.45) is -0.300. The Morgan fingerprint density at radius 1 is 1.14 bits per heavy atom. The summed E-state index contributed by atoms with van der Waals surface area (Å²) in [5.74, 6) is -5.43. The van der Waals surface area contributed by atoms with E-state index >= 15 is 0 Å². The zero-order valence-electron chi connectivity index (χ0n) is 21.4. The second-order valence-corrected chi connectivity index (χ2v) is 12.1. The zero-order valence-corrected chi connectivity index (χ0v) is 21.4. The third-order valence-corrected chi connectivity index (χ3v) is 10.4. The number of cyclic esters (lactones) is 1. The number of carbonyl (C=O) groups is 3. The van der Waals surface area contributed by atoms with Crippen LogP contribution in [0.4, 0.5) is 0 Å². The van der Waals surface area contributed by atoms with Gasteiger partial charge in [-0.15, -0.1) is 0 Å². The highest BCUT2D eigenvalue weighted by atomic mass is 16.8. The molecule has 196 valence electrons. The minimum absolute atomic E-state index is 0.0941. The van der Waals surface area contributed by atoms with Crippen molar-refractivity contribution < 1.29 is 48.3 Å². The lowest BCUT2D eigenvalue weighted by molar-refractivity contribution is -0.420. The van der Waals surface area contributed by atoms with E-state index < -0.39 is 81.5 Å². The summed E-state index contributed by atoms with van der Waals surface area (Å²) in [4.78, 5) is 40.1. The fourth-order valence-electron chi connectivity index (χ4n) is 8.70. The smallest absolute Gasteiger partial charge is 0.331 e. The Morgan fingerprint density at radius 3 is 2.44 bits per heavy atom. The average Bonchev–Trinajstić information content (AvgIpc) is 3.08. The predicted octanol–water partition coefficient (Wildman–Crippen LogP) is 1.14. The van der Waals surface area contributed by atoms with Gasteiger partial charge in [-0.2, -0.15) is 0 Å². The second-order valence-electron chi connectivity index (χ2n) is 12.1. The summed E-state index contributed by atoms with van der Waals surface area (Å²) in [6.45, 7) is 10.3. The van der Waals surface area contributed by atoms with Crippen molar-refractivity contribution in [2.24, 2.45) is 28.1 Å². The molecule has 10 unspecified atom stereocenters. The van der Waals surface area contributed by atoms with Crippen LogP contribution < -0.4 is 0 Å². The van der Waals surface area contributed by atoms with Gasteiger partial charge in [-0.05, 0) is 63.2 Å². The van der Waals surface area contributed by atoms with Crippen LogP contribution in [-0.2, 0) is 38.1 Å². The number of hydrogen-bond acceptors (Lipinski definition) is 10. The van der Waals surface area contributed by atoms with E-state index in [1.54, 1.807) is 26.8 Å². The molecule has 0 aromatic heterocycles. The molecule has 0 aromatic carbocycles. The molecule has 0 aromatic rings. The molecule has 3 saturated heterocycles. The van der Waals surface area contributed by atoms with E-state index in [-0.39, 0.29) is 6.42 Å². The Hall–Kier alpha value is -2.27. The molecule has 36 heavy (non-hydrogen) atoms. The van der Waals surface area contributed by atoms with Crippen molar-refractivity contribution in [1.82, 2.24) is 0 Å². The van der Waals surface area contributed by atoms with E-state index in [1.165, 1.54) is 27.0 Å². The Kier molecular flexibility index (Phi) is 4.29. The van der Waals surface area contributed by atoms with E-state index in [2.05, 4.69) is 0 Å². The first-order valence-corrected chi connectivity index (χ1v) is 12.3. The summed E-state index contributed by atoms with van der Waals surface area (Å²) in [5, 5.41) is 24.9. The number of carbonyl (C=O) groups excluding carboxylic acids is 3. The molecule has 6 aliphatic rings. The molecule has 4 fully saturated rings. The van der Waals surface area contributed by atoms with Gasteiger partial charge in [0, 0.05) is 11.5 Å². The fraction of sp³-hybridized carbons (Fsp3) is 0.731. The first-order chi connectivity index (χ1) is 16.6. The van der Waals surface area contributed by atoms with Gasteiger partial charge in [-0.25, -0.2) is 4.79 Å². The third kappa shape index (κ3) is 2.06. The predicted molar refractivity (Wildman–Crippen MR) is 119 cm³/mol. The van der Waals surface area contributed by atoms with Gasteiger partial charge in [-0.1, -0.05) is 13.8 Å². The van der Waals surface area contributed by atoms with Crippen molar-refractivity contribution in [3.8, 4) is 0 Å². The second kappa shape index (κ2) is 6.40. The van der Waals surface area contributed by atoms with Gasteiger partial charge in [0.25, 0.3) is 0 Å². The van der Waals surface area contributed by atoms with Crippen molar-refractivity contribution in [3.63, 3.8) is 0 Å². The van der Waals surface area contributed by atoms with Crippen molar-refractivity contribution in [1.29, 1.82) is 0 Å². The van der Waals surface area contributed by atoms with Crippen LogP contribution in [0.3, 0.4) is 0 Å². The number of hydrogen-bond donors (Lipinski definition) is 2. The molecule has 4 aliphatic heterocycles. The Labute approximate surface area is 208 Å². The maximum absolute atomic E-state index is 14.1. The summed E-state index contributed by atoms with van der Waals surface area (Å²) in [6, 6.07) is 0. The molecular weight excluding hydrogens is 472 g/mol. The summed E-state index contributed by atoms with van der Waals surface area (Å²) in [7, 11) is 1.18. The summed E-state index contributed by atoms with van der Waals surface area (Å²) >= 11 is 0. The first-order valence-electron chi connectivity index (χ1n) is 12.3. The largest absolute Gasteiger partial charge is 0.468 e. The van der Waals surface area contributed by atoms with Crippen LogP contribution in [0.2, 0.25) is 0 Å². The minimum Gasteiger partial charge on any atom is -0.468 e. The maximum atomic E-state index is 14.1. The van der Waals surface area contributed by atoms with E-state index in [0.717, 1.165) is 0 Å². The number of fused-ring (bicyclic) bond motifs is 1. The van der Waals surface area contributed by atoms with Crippen LogP contribution in [0.1, 0.15) is 48.0 Å². The number of esters is 3. The molecule has 10 heteroatoms. The SMILES string of the molecule is COC(=O)C12C3(O)OC4C=C5C(=CC(=O)OC5(C)C)C(C)C(CC5(C)C(=O)OC(OC3C)C51O)C42C. The number of aliphatic hydroxyl groups is 2. The monoisotopic (exact) mass is 504 g/mol. The topological polar surface area (TPSA) is 138 Å². The first kappa shape index (κ1) is 24.1. The molecule has 10 nitrogen and oxygen atoms in total. The van der Waals surface area contributed by atoms with Gasteiger partial charge in [0.05, 0.1) is 13.2 Å². The zero-order chi connectivity index (χ0) is 26.4. The van der Waals surface area contributed by atoms with E-state index in [0.29, 0.717) is 11.1 Å². The number of ether oxygens (including phenoxy) is 5. The Bertz CT molecular complexity index is 1190. The molecule has 2 aliphatic carbocycles. The lowest BCUT2D eigenvalue weighted by Crippen LogP contribution is -2.84. The lowest BCUT2D eigenvalue weighted by Gasteiger charge is -2.66. The summed E-state index contributed by atoms with van der Waals surface area (Å²) < 4.78 is 28.8. The fourth-order valence-corrected chi connectivity index (χ4v) is 8.70. The van der Waals surface area contributed by atoms with Gasteiger partial charge < -0.3 is 33.9 Å². The highest BCUT2D eigenvalue weighted by molar-refractivity contribution is 5.91. The Balaban J connectivity index is 1.76. The van der Waals surface area contributed by atoms with Crippen LogP contribution >= 0.6 is 0 Å². The van der Waals surface area contributed by atoms with Crippen LogP contribution in [0.25, 0.3) is 0 Å². The van der Waals surface area contributed by atoms with Crippen molar-refractivity contribution in [2.75, 3.05) is 7.11 Å². The average molecular weight is 505 g/mol. The molecule has 0 amide bonds. The van der Waals surface area contributed by atoms with Gasteiger partial charge >= 0.3 is 17.9 Å².